The molecule has 2 rings (SSSR count). The van der Waals surface area contributed by atoms with Crippen molar-refractivity contribution in [2.24, 2.45) is 5.16 Å². The third-order valence-corrected chi connectivity index (χ3v) is 1.88. The zero-order valence-electron chi connectivity index (χ0n) is 7.41. The number of hydrogen-bond acceptors (Lipinski definition) is 3. The minimum Gasteiger partial charge on any atom is -0.409 e. The summed E-state index contributed by atoms with van der Waals surface area (Å²) < 4.78 is 1.65. The van der Waals surface area contributed by atoms with Crippen LogP contribution in [0.3, 0.4) is 0 Å². The molecule has 0 saturated heterocycles. The third kappa shape index (κ3) is 1.50. The summed E-state index contributed by atoms with van der Waals surface area (Å²) in [5.41, 5.74) is 0.841. The number of hydrogen-bond donors (Lipinski definition) is 1. The first-order valence-corrected chi connectivity index (χ1v) is 4.17. The molecule has 4 heteroatoms. The summed E-state index contributed by atoms with van der Waals surface area (Å²) >= 11 is 0. The number of rotatable bonds is 1. The zero-order chi connectivity index (χ0) is 9.80. The summed E-state index contributed by atoms with van der Waals surface area (Å²) in [6.45, 7) is 0. The van der Waals surface area contributed by atoms with Gasteiger partial charge in [-0.25, -0.2) is 4.98 Å². The first-order chi connectivity index (χ1) is 6.92. The van der Waals surface area contributed by atoms with Crippen LogP contribution >= 0.6 is 0 Å². The van der Waals surface area contributed by atoms with E-state index in [9.17, 15) is 0 Å². The molecule has 1 N–H and O–H groups in total. The van der Waals surface area contributed by atoms with Crippen LogP contribution in [-0.2, 0) is 0 Å². The Labute approximate surface area is 81.1 Å². The second kappa shape index (κ2) is 3.74. The molecule has 2 aromatic rings. The molecule has 0 bridgehead atoms. The highest BCUT2D eigenvalue weighted by Gasteiger charge is 2.04. The van der Waals surface area contributed by atoms with Crippen LogP contribution in [-0.4, -0.2) is 20.6 Å². The molecule has 0 aliphatic heterocycles. The molecule has 70 valence electrons. The fourth-order valence-electron chi connectivity index (χ4n) is 1.23. The van der Waals surface area contributed by atoms with Gasteiger partial charge in [0.2, 0.25) is 0 Å². The SMILES string of the molecule is O/N=C(\c1ccccc1)n1ccnc1. The minimum atomic E-state index is 0.461. The van der Waals surface area contributed by atoms with E-state index in [4.69, 9.17) is 5.21 Å². The van der Waals surface area contributed by atoms with Gasteiger partial charge in [0, 0.05) is 18.0 Å². The van der Waals surface area contributed by atoms with Crippen molar-refractivity contribution in [1.29, 1.82) is 0 Å². The molecule has 0 fully saturated rings. The number of aromatic nitrogens is 2. The molecule has 1 heterocycles. The molecule has 0 spiro atoms. The van der Waals surface area contributed by atoms with Gasteiger partial charge in [-0.05, 0) is 0 Å². The van der Waals surface area contributed by atoms with Gasteiger partial charge in [-0.3, -0.25) is 4.57 Å². The number of nitrogens with zero attached hydrogens (tertiary/aromatic N) is 3. The maximum Gasteiger partial charge on any atom is 0.184 e. The van der Waals surface area contributed by atoms with E-state index in [1.165, 1.54) is 0 Å². The minimum absolute atomic E-state index is 0.461. The Hall–Kier alpha value is -2.10. The highest BCUT2D eigenvalue weighted by molar-refractivity contribution is 5.99. The third-order valence-electron chi connectivity index (χ3n) is 1.88. The highest BCUT2D eigenvalue weighted by Crippen LogP contribution is 2.03. The average molecular weight is 187 g/mol. The number of oxime groups is 1. The Morgan fingerprint density at radius 1 is 1.29 bits per heavy atom. The lowest BCUT2D eigenvalue weighted by atomic mass is 10.2. The van der Waals surface area contributed by atoms with Crippen LogP contribution in [0.1, 0.15) is 5.56 Å². The van der Waals surface area contributed by atoms with E-state index in [1.807, 2.05) is 30.3 Å². The van der Waals surface area contributed by atoms with E-state index in [0.717, 1.165) is 5.56 Å². The molecule has 0 atom stereocenters. The summed E-state index contributed by atoms with van der Waals surface area (Å²) in [6.07, 6.45) is 4.94. The average Bonchev–Trinajstić information content (AvgIpc) is 2.74. The maximum absolute atomic E-state index is 8.89. The van der Waals surface area contributed by atoms with Crippen molar-refractivity contribution in [2.75, 3.05) is 0 Å². The van der Waals surface area contributed by atoms with Crippen LogP contribution in [0.25, 0.3) is 0 Å². The standard InChI is InChI=1S/C10H9N3O/c14-12-10(13-7-6-11-8-13)9-4-2-1-3-5-9/h1-8,14H/b12-10+. The van der Waals surface area contributed by atoms with Crippen molar-refractivity contribution in [3.8, 4) is 0 Å². The molecule has 4 nitrogen and oxygen atoms in total. The van der Waals surface area contributed by atoms with Crippen molar-refractivity contribution in [3.63, 3.8) is 0 Å². The van der Waals surface area contributed by atoms with Gasteiger partial charge in [-0.2, -0.15) is 0 Å². The van der Waals surface area contributed by atoms with E-state index < -0.39 is 0 Å². The first-order valence-electron chi connectivity index (χ1n) is 4.17. The van der Waals surface area contributed by atoms with Crippen LogP contribution < -0.4 is 0 Å². The van der Waals surface area contributed by atoms with Gasteiger partial charge in [-0.15, -0.1) is 0 Å². The molecule has 1 aromatic carbocycles. The summed E-state index contributed by atoms with van der Waals surface area (Å²) in [5, 5.41) is 12.1. The second-order valence-electron chi connectivity index (χ2n) is 2.76. The van der Waals surface area contributed by atoms with Gasteiger partial charge in [0.1, 0.15) is 6.33 Å². The van der Waals surface area contributed by atoms with Crippen molar-refractivity contribution in [1.82, 2.24) is 9.55 Å². The highest BCUT2D eigenvalue weighted by atomic mass is 16.4. The fraction of sp³-hybridized carbons (Fsp3) is 0. The van der Waals surface area contributed by atoms with Crippen molar-refractivity contribution >= 4 is 5.84 Å². The van der Waals surface area contributed by atoms with Crippen LogP contribution in [0, 0.1) is 0 Å². The van der Waals surface area contributed by atoms with Gasteiger partial charge in [0.25, 0.3) is 0 Å². The predicted molar refractivity (Wildman–Crippen MR) is 52.4 cm³/mol. The van der Waals surface area contributed by atoms with E-state index in [1.54, 1.807) is 23.3 Å². The quantitative estimate of drug-likeness (QED) is 0.319. The molecule has 0 radical (unpaired) electrons. The predicted octanol–water partition coefficient (Wildman–Crippen LogP) is 1.57. The summed E-state index contributed by atoms with van der Waals surface area (Å²) in [6, 6.07) is 9.42. The normalized spacial score (nSPS) is 11.6. The van der Waals surface area contributed by atoms with Gasteiger partial charge in [0.05, 0.1) is 0 Å². The molecule has 0 unspecified atom stereocenters. The Morgan fingerprint density at radius 2 is 2.07 bits per heavy atom. The monoisotopic (exact) mass is 187 g/mol. The Bertz CT molecular complexity index is 420. The molecule has 0 aliphatic rings. The van der Waals surface area contributed by atoms with Gasteiger partial charge < -0.3 is 5.21 Å². The summed E-state index contributed by atoms with van der Waals surface area (Å²) in [7, 11) is 0. The van der Waals surface area contributed by atoms with E-state index in [2.05, 4.69) is 10.1 Å². The van der Waals surface area contributed by atoms with Crippen LogP contribution in [0.2, 0.25) is 0 Å². The van der Waals surface area contributed by atoms with E-state index >= 15 is 0 Å². The zero-order valence-corrected chi connectivity index (χ0v) is 7.41. The molecule has 0 aliphatic carbocycles. The Balaban J connectivity index is 2.43. The van der Waals surface area contributed by atoms with Gasteiger partial charge >= 0.3 is 0 Å². The summed E-state index contributed by atoms with van der Waals surface area (Å²) in [5.74, 6) is 0.461. The first kappa shape index (κ1) is 8.50. The van der Waals surface area contributed by atoms with Crippen LogP contribution in [0.4, 0.5) is 0 Å². The fourth-order valence-corrected chi connectivity index (χ4v) is 1.23. The molecule has 0 saturated carbocycles. The molecular weight excluding hydrogens is 178 g/mol. The largest absolute Gasteiger partial charge is 0.409 e. The smallest absolute Gasteiger partial charge is 0.184 e. The van der Waals surface area contributed by atoms with E-state index in [0.29, 0.717) is 5.84 Å². The topological polar surface area (TPSA) is 50.4 Å². The van der Waals surface area contributed by atoms with Gasteiger partial charge in [0.15, 0.2) is 5.84 Å². The number of imidazole rings is 1. The van der Waals surface area contributed by atoms with Crippen LogP contribution in [0.5, 0.6) is 0 Å². The second-order valence-corrected chi connectivity index (χ2v) is 2.76. The van der Waals surface area contributed by atoms with E-state index in [-0.39, 0.29) is 0 Å². The lowest BCUT2D eigenvalue weighted by molar-refractivity contribution is 0.317. The lowest BCUT2D eigenvalue weighted by Crippen LogP contribution is -2.11. The molecule has 1 aromatic heterocycles. The molecular formula is C10H9N3O. The van der Waals surface area contributed by atoms with Crippen molar-refractivity contribution in [2.45, 2.75) is 0 Å². The lowest BCUT2D eigenvalue weighted by Gasteiger charge is -2.03. The van der Waals surface area contributed by atoms with Gasteiger partial charge in [-0.1, -0.05) is 35.5 Å². The van der Waals surface area contributed by atoms with Crippen LogP contribution in [0.15, 0.2) is 54.2 Å². The summed E-state index contributed by atoms with van der Waals surface area (Å²) in [4.78, 5) is 3.89. The van der Waals surface area contributed by atoms with Crippen molar-refractivity contribution in [3.05, 3.63) is 54.6 Å². The van der Waals surface area contributed by atoms with Crippen molar-refractivity contribution < 1.29 is 5.21 Å². The Morgan fingerprint density at radius 3 is 2.64 bits per heavy atom. The molecule has 0 amide bonds. The maximum atomic E-state index is 8.89. The number of benzene rings is 1. The molecule has 14 heavy (non-hydrogen) atoms. The Kier molecular flexibility index (Phi) is 2.27.